The molecule has 2 N–H and O–H groups in total. The number of nitrogens with zero attached hydrogens (tertiary/aromatic N) is 1. The molecule has 1 aliphatic carbocycles. The summed E-state index contributed by atoms with van der Waals surface area (Å²) >= 11 is 0. The maximum absolute atomic E-state index is 12.6. The normalized spacial score (nSPS) is 15.5. The molecule has 1 saturated carbocycles. The summed E-state index contributed by atoms with van der Waals surface area (Å²) in [6, 6.07) is 14.2. The number of carbonyl (C=O) groups is 1. The van der Waals surface area contributed by atoms with Gasteiger partial charge in [0.2, 0.25) is 0 Å². The first-order chi connectivity index (χ1) is 10.8. The minimum atomic E-state index is -0.0663. The molecule has 2 aromatic rings. The maximum atomic E-state index is 12.6. The van der Waals surface area contributed by atoms with Crippen molar-refractivity contribution in [3.8, 4) is 0 Å². The largest absolute Gasteiger partial charge is 0.396 e. The Kier molecular flexibility index (Phi) is 4.59. The van der Waals surface area contributed by atoms with Gasteiger partial charge in [-0.3, -0.25) is 4.79 Å². The molecule has 1 fully saturated rings. The van der Waals surface area contributed by atoms with Gasteiger partial charge < -0.3 is 15.0 Å². The molecule has 1 aliphatic rings. The number of aliphatic hydroxyl groups is 1. The Morgan fingerprint density at radius 3 is 2.68 bits per heavy atom. The molecule has 0 bridgehead atoms. The van der Waals surface area contributed by atoms with Crippen LogP contribution in [0.5, 0.6) is 0 Å². The van der Waals surface area contributed by atoms with Crippen molar-refractivity contribution in [2.45, 2.75) is 37.8 Å². The van der Waals surface area contributed by atoms with Gasteiger partial charge in [-0.05, 0) is 43.4 Å². The molecule has 0 spiro atoms. The molecular formula is C18H22N2O2. The summed E-state index contributed by atoms with van der Waals surface area (Å²) < 4.78 is 2.07. The molecule has 0 radical (unpaired) electrons. The first-order valence-electron chi connectivity index (χ1n) is 7.93. The summed E-state index contributed by atoms with van der Waals surface area (Å²) in [5.41, 5.74) is 1.81. The molecule has 3 rings (SSSR count). The highest BCUT2D eigenvalue weighted by atomic mass is 16.3. The van der Waals surface area contributed by atoms with Gasteiger partial charge in [0.15, 0.2) is 0 Å². The second-order valence-corrected chi connectivity index (χ2v) is 5.83. The van der Waals surface area contributed by atoms with Crippen LogP contribution in [0, 0.1) is 0 Å². The molecule has 1 amide bonds. The highest BCUT2D eigenvalue weighted by Gasteiger charge is 2.27. The van der Waals surface area contributed by atoms with E-state index in [1.807, 2.05) is 48.7 Å². The number of amides is 1. The van der Waals surface area contributed by atoms with Gasteiger partial charge in [0.05, 0.1) is 6.04 Å². The molecule has 1 atom stereocenters. The first-order valence-corrected chi connectivity index (χ1v) is 7.93. The van der Waals surface area contributed by atoms with Gasteiger partial charge >= 0.3 is 0 Å². The van der Waals surface area contributed by atoms with E-state index in [9.17, 15) is 4.79 Å². The second-order valence-electron chi connectivity index (χ2n) is 5.83. The zero-order valence-corrected chi connectivity index (χ0v) is 12.6. The molecule has 1 aromatic carbocycles. The van der Waals surface area contributed by atoms with Crippen molar-refractivity contribution in [1.29, 1.82) is 0 Å². The summed E-state index contributed by atoms with van der Waals surface area (Å²) in [6.07, 6.45) is 5.70. The summed E-state index contributed by atoms with van der Waals surface area (Å²) in [5, 5.41) is 12.2. The summed E-state index contributed by atoms with van der Waals surface area (Å²) in [4.78, 5) is 12.6. The van der Waals surface area contributed by atoms with Crippen LogP contribution < -0.4 is 5.32 Å². The molecule has 1 heterocycles. The molecule has 0 saturated heterocycles. The van der Waals surface area contributed by atoms with Crippen LogP contribution in [-0.4, -0.2) is 22.2 Å². The van der Waals surface area contributed by atoms with Gasteiger partial charge in [-0.2, -0.15) is 0 Å². The predicted molar refractivity (Wildman–Crippen MR) is 85.7 cm³/mol. The number of aliphatic hydroxyl groups excluding tert-OH is 1. The summed E-state index contributed by atoms with van der Waals surface area (Å²) in [5.74, 6) is -0.0382. The average Bonchev–Trinajstić information content (AvgIpc) is 3.28. The lowest BCUT2D eigenvalue weighted by Crippen LogP contribution is -2.30. The average molecular weight is 298 g/mol. The molecule has 1 unspecified atom stereocenters. The van der Waals surface area contributed by atoms with Crippen molar-refractivity contribution >= 4 is 5.91 Å². The number of nitrogens with one attached hydrogen (secondary N) is 1. The number of aromatic nitrogens is 1. The Bertz CT molecular complexity index is 617. The van der Waals surface area contributed by atoms with E-state index < -0.39 is 0 Å². The number of benzene rings is 1. The van der Waals surface area contributed by atoms with Crippen LogP contribution in [0.3, 0.4) is 0 Å². The maximum Gasteiger partial charge on any atom is 0.268 e. The van der Waals surface area contributed by atoms with Crippen molar-refractivity contribution < 1.29 is 9.90 Å². The van der Waals surface area contributed by atoms with Crippen LogP contribution in [0.15, 0.2) is 48.7 Å². The third-order valence-corrected chi connectivity index (χ3v) is 4.11. The van der Waals surface area contributed by atoms with E-state index in [0.717, 1.165) is 30.5 Å². The lowest BCUT2D eigenvalue weighted by atomic mass is 10.0. The lowest BCUT2D eigenvalue weighted by Gasteiger charge is -2.19. The number of hydrogen-bond acceptors (Lipinski definition) is 2. The van der Waals surface area contributed by atoms with E-state index in [-0.39, 0.29) is 18.6 Å². The Morgan fingerprint density at radius 1 is 1.23 bits per heavy atom. The minimum Gasteiger partial charge on any atom is -0.396 e. The van der Waals surface area contributed by atoms with Crippen LogP contribution in [0.1, 0.15) is 53.8 Å². The summed E-state index contributed by atoms with van der Waals surface area (Å²) in [6.45, 7) is 0.137. The highest BCUT2D eigenvalue weighted by molar-refractivity contribution is 5.93. The van der Waals surface area contributed by atoms with Crippen LogP contribution in [0.25, 0.3) is 0 Å². The van der Waals surface area contributed by atoms with Crippen molar-refractivity contribution in [1.82, 2.24) is 9.88 Å². The third kappa shape index (κ3) is 3.39. The molecule has 4 heteroatoms. The van der Waals surface area contributed by atoms with E-state index in [1.54, 1.807) is 0 Å². The smallest absolute Gasteiger partial charge is 0.268 e. The number of rotatable bonds is 7. The topological polar surface area (TPSA) is 54.3 Å². The van der Waals surface area contributed by atoms with E-state index in [0.29, 0.717) is 12.5 Å². The molecular weight excluding hydrogens is 276 g/mol. The monoisotopic (exact) mass is 298 g/mol. The minimum absolute atomic E-state index is 0.0382. The van der Waals surface area contributed by atoms with Crippen molar-refractivity contribution in [3.63, 3.8) is 0 Å². The lowest BCUT2D eigenvalue weighted by molar-refractivity contribution is 0.0922. The molecule has 1 aromatic heterocycles. The van der Waals surface area contributed by atoms with Gasteiger partial charge in [-0.1, -0.05) is 30.3 Å². The van der Waals surface area contributed by atoms with E-state index in [1.165, 1.54) is 0 Å². The standard InChI is InChI=1S/C18H22N2O2/c21-13-5-8-16(14-6-2-1-3-7-14)19-18(22)17-9-4-12-20(17)15-10-11-15/h1-4,6-7,9,12,15-16,21H,5,8,10-11,13H2,(H,19,22). The second kappa shape index (κ2) is 6.79. The van der Waals surface area contributed by atoms with E-state index in [2.05, 4.69) is 9.88 Å². The Hall–Kier alpha value is -2.07. The Morgan fingerprint density at radius 2 is 2.00 bits per heavy atom. The highest BCUT2D eigenvalue weighted by Crippen LogP contribution is 2.36. The van der Waals surface area contributed by atoms with Crippen molar-refractivity contribution in [2.24, 2.45) is 0 Å². The SMILES string of the molecule is O=C(NC(CCCO)c1ccccc1)c1cccn1C1CC1. The van der Waals surface area contributed by atoms with Gasteiger partial charge in [0.25, 0.3) is 5.91 Å². The molecule has 22 heavy (non-hydrogen) atoms. The van der Waals surface area contributed by atoms with Gasteiger partial charge in [0.1, 0.15) is 5.69 Å². The fourth-order valence-corrected chi connectivity index (χ4v) is 2.79. The fraction of sp³-hybridized carbons (Fsp3) is 0.389. The van der Waals surface area contributed by atoms with E-state index in [4.69, 9.17) is 5.11 Å². The molecule has 116 valence electrons. The molecule has 4 nitrogen and oxygen atoms in total. The predicted octanol–water partition coefficient (Wildman–Crippen LogP) is 3.07. The zero-order valence-electron chi connectivity index (χ0n) is 12.6. The van der Waals surface area contributed by atoms with Crippen molar-refractivity contribution in [3.05, 3.63) is 59.9 Å². The zero-order chi connectivity index (χ0) is 15.4. The van der Waals surface area contributed by atoms with Crippen molar-refractivity contribution in [2.75, 3.05) is 6.61 Å². The molecule has 0 aliphatic heterocycles. The van der Waals surface area contributed by atoms with Crippen LogP contribution in [0.2, 0.25) is 0 Å². The Balaban J connectivity index is 1.74. The number of hydrogen-bond donors (Lipinski definition) is 2. The van der Waals surface area contributed by atoms with Crippen LogP contribution in [0.4, 0.5) is 0 Å². The number of carbonyl (C=O) groups excluding carboxylic acids is 1. The quantitative estimate of drug-likeness (QED) is 0.825. The third-order valence-electron chi connectivity index (χ3n) is 4.11. The van der Waals surface area contributed by atoms with Crippen LogP contribution >= 0.6 is 0 Å². The van der Waals surface area contributed by atoms with Gasteiger partial charge in [-0.25, -0.2) is 0 Å². The van der Waals surface area contributed by atoms with Gasteiger partial charge in [0, 0.05) is 18.8 Å². The Labute approximate surface area is 130 Å². The fourth-order valence-electron chi connectivity index (χ4n) is 2.79. The van der Waals surface area contributed by atoms with E-state index >= 15 is 0 Å². The summed E-state index contributed by atoms with van der Waals surface area (Å²) in [7, 11) is 0. The van der Waals surface area contributed by atoms with Crippen LogP contribution in [-0.2, 0) is 0 Å². The first kappa shape index (κ1) is 14.9. The van der Waals surface area contributed by atoms with Gasteiger partial charge in [-0.15, -0.1) is 0 Å².